The first-order chi connectivity index (χ1) is 6.44. The fraction of sp³-hybridized carbons (Fsp3) is 0.333. The number of nitrogens with two attached hydrogens (primary N) is 1. The Morgan fingerprint density at radius 1 is 1.36 bits per heavy atom. The number of benzene rings is 1. The molecule has 0 radical (unpaired) electrons. The zero-order valence-corrected chi connectivity index (χ0v) is 7.86. The third kappa shape index (κ3) is 2.59. The van der Waals surface area contributed by atoms with Crippen molar-refractivity contribution in [2.24, 2.45) is 5.84 Å². The predicted molar refractivity (Wildman–Crippen MR) is 51.4 cm³/mol. The molecule has 0 fully saturated rings. The Bertz CT molecular complexity index is 326. The number of phenols is 2. The molecule has 0 amide bonds. The van der Waals surface area contributed by atoms with E-state index in [2.05, 4.69) is 5.43 Å². The fourth-order valence-electron chi connectivity index (χ4n) is 1.13. The summed E-state index contributed by atoms with van der Waals surface area (Å²) >= 11 is 0. The van der Waals surface area contributed by atoms with E-state index >= 15 is 0 Å². The van der Waals surface area contributed by atoms with Crippen molar-refractivity contribution in [2.45, 2.75) is 19.1 Å². The highest BCUT2D eigenvalue weighted by atomic mass is 16.3. The number of hydrogen-bond acceptors (Lipinski definition) is 5. The molecular formula is C9H14N2O3. The lowest BCUT2D eigenvalue weighted by Gasteiger charge is -2.21. The normalized spacial score (nSPS) is 15.1. The van der Waals surface area contributed by atoms with Crippen LogP contribution in [0.5, 0.6) is 11.5 Å². The minimum Gasteiger partial charge on any atom is -0.504 e. The summed E-state index contributed by atoms with van der Waals surface area (Å²) in [5, 5.41) is 27.8. The monoisotopic (exact) mass is 198 g/mol. The van der Waals surface area contributed by atoms with Crippen LogP contribution in [0.3, 0.4) is 0 Å². The first-order valence-electron chi connectivity index (χ1n) is 4.15. The van der Waals surface area contributed by atoms with Crippen LogP contribution in [0, 0.1) is 0 Å². The van der Waals surface area contributed by atoms with Crippen molar-refractivity contribution in [1.29, 1.82) is 0 Å². The molecule has 1 unspecified atom stereocenters. The molecule has 1 aromatic rings. The van der Waals surface area contributed by atoms with Crippen LogP contribution in [0.4, 0.5) is 0 Å². The summed E-state index contributed by atoms with van der Waals surface area (Å²) in [7, 11) is 0. The molecule has 5 heteroatoms. The van der Waals surface area contributed by atoms with E-state index in [-0.39, 0.29) is 17.9 Å². The van der Waals surface area contributed by atoms with Crippen LogP contribution in [0.1, 0.15) is 12.5 Å². The van der Waals surface area contributed by atoms with E-state index in [0.29, 0.717) is 5.56 Å². The lowest BCUT2D eigenvalue weighted by Crippen LogP contribution is -2.48. The molecule has 0 aliphatic rings. The van der Waals surface area contributed by atoms with Crippen molar-refractivity contribution < 1.29 is 15.3 Å². The average molecular weight is 198 g/mol. The molecule has 1 aromatic carbocycles. The van der Waals surface area contributed by atoms with Gasteiger partial charge in [-0.2, -0.15) is 0 Å². The van der Waals surface area contributed by atoms with Crippen molar-refractivity contribution in [2.75, 3.05) is 0 Å². The van der Waals surface area contributed by atoms with Gasteiger partial charge in [0, 0.05) is 6.42 Å². The maximum Gasteiger partial charge on any atom is 0.157 e. The van der Waals surface area contributed by atoms with Gasteiger partial charge in [-0.3, -0.25) is 5.84 Å². The van der Waals surface area contributed by atoms with Crippen LogP contribution >= 0.6 is 0 Å². The second kappa shape index (κ2) is 3.83. The van der Waals surface area contributed by atoms with Gasteiger partial charge in [0.15, 0.2) is 11.5 Å². The van der Waals surface area contributed by atoms with Crippen molar-refractivity contribution in [3.05, 3.63) is 23.8 Å². The van der Waals surface area contributed by atoms with Crippen molar-refractivity contribution >= 4 is 0 Å². The molecule has 0 bridgehead atoms. The number of phenolic OH excluding ortho intramolecular Hbond substituents is 2. The van der Waals surface area contributed by atoms with Gasteiger partial charge in [-0.05, 0) is 24.6 Å². The largest absolute Gasteiger partial charge is 0.504 e. The summed E-state index contributed by atoms with van der Waals surface area (Å²) in [5.74, 6) is 4.71. The second-order valence-corrected chi connectivity index (χ2v) is 3.42. The summed E-state index contributed by atoms with van der Waals surface area (Å²) in [6.45, 7) is 1.51. The van der Waals surface area contributed by atoms with Gasteiger partial charge in [0.2, 0.25) is 0 Å². The van der Waals surface area contributed by atoms with Crippen LogP contribution in [-0.4, -0.2) is 21.0 Å². The van der Waals surface area contributed by atoms with E-state index < -0.39 is 5.72 Å². The van der Waals surface area contributed by atoms with Crippen LogP contribution in [-0.2, 0) is 6.42 Å². The van der Waals surface area contributed by atoms with Gasteiger partial charge < -0.3 is 15.3 Å². The van der Waals surface area contributed by atoms with E-state index in [9.17, 15) is 10.2 Å². The molecule has 14 heavy (non-hydrogen) atoms. The predicted octanol–water partition coefficient (Wildman–Crippen LogP) is -0.188. The lowest BCUT2D eigenvalue weighted by atomic mass is 10.0. The Morgan fingerprint density at radius 2 is 2.00 bits per heavy atom. The molecule has 0 saturated heterocycles. The fourth-order valence-corrected chi connectivity index (χ4v) is 1.13. The molecule has 0 aliphatic heterocycles. The van der Waals surface area contributed by atoms with E-state index in [1.54, 1.807) is 6.07 Å². The minimum absolute atomic E-state index is 0.186. The molecule has 0 saturated carbocycles. The van der Waals surface area contributed by atoms with E-state index in [4.69, 9.17) is 10.9 Å². The Kier molecular flexibility index (Phi) is 2.95. The van der Waals surface area contributed by atoms with Crippen molar-refractivity contribution in [3.8, 4) is 11.5 Å². The second-order valence-electron chi connectivity index (χ2n) is 3.42. The van der Waals surface area contributed by atoms with Gasteiger partial charge in [-0.25, -0.2) is 5.43 Å². The number of aliphatic hydroxyl groups is 1. The topological polar surface area (TPSA) is 98.7 Å². The van der Waals surface area contributed by atoms with Gasteiger partial charge in [0.1, 0.15) is 5.72 Å². The van der Waals surface area contributed by atoms with Crippen LogP contribution in [0.2, 0.25) is 0 Å². The molecule has 0 spiro atoms. The Hall–Kier alpha value is -1.30. The molecular weight excluding hydrogens is 184 g/mol. The number of nitrogens with one attached hydrogen (secondary N) is 1. The zero-order valence-electron chi connectivity index (χ0n) is 7.86. The smallest absolute Gasteiger partial charge is 0.157 e. The molecule has 1 rings (SSSR count). The summed E-state index contributed by atoms with van der Waals surface area (Å²) < 4.78 is 0. The highest BCUT2D eigenvalue weighted by Gasteiger charge is 2.18. The van der Waals surface area contributed by atoms with Crippen LogP contribution in [0.15, 0.2) is 18.2 Å². The first kappa shape index (κ1) is 10.8. The SMILES string of the molecule is CC(O)(Cc1ccc(O)c(O)c1)NN. The highest BCUT2D eigenvalue weighted by Crippen LogP contribution is 2.26. The Labute approximate surface area is 81.8 Å². The highest BCUT2D eigenvalue weighted by molar-refractivity contribution is 5.40. The third-order valence-corrected chi connectivity index (χ3v) is 1.90. The number of hydrazine groups is 1. The number of rotatable bonds is 3. The van der Waals surface area contributed by atoms with Gasteiger partial charge in [0.05, 0.1) is 0 Å². The molecule has 0 heterocycles. The maximum absolute atomic E-state index is 9.56. The van der Waals surface area contributed by atoms with Gasteiger partial charge in [-0.15, -0.1) is 0 Å². The molecule has 1 atom stereocenters. The maximum atomic E-state index is 9.56. The molecule has 6 N–H and O–H groups in total. The Morgan fingerprint density at radius 3 is 2.50 bits per heavy atom. The molecule has 5 nitrogen and oxygen atoms in total. The minimum atomic E-state index is -1.23. The average Bonchev–Trinajstić information content (AvgIpc) is 2.11. The van der Waals surface area contributed by atoms with Crippen molar-refractivity contribution in [1.82, 2.24) is 5.43 Å². The molecule has 0 aromatic heterocycles. The molecule has 78 valence electrons. The Balaban J connectivity index is 2.83. The van der Waals surface area contributed by atoms with Gasteiger partial charge >= 0.3 is 0 Å². The van der Waals surface area contributed by atoms with Crippen LogP contribution < -0.4 is 11.3 Å². The van der Waals surface area contributed by atoms with Gasteiger partial charge in [0.25, 0.3) is 0 Å². The first-order valence-corrected chi connectivity index (χ1v) is 4.15. The third-order valence-electron chi connectivity index (χ3n) is 1.90. The summed E-state index contributed by atoms with van der Waals surface area (Å²) in [6.07, 6.45) is 0.233. The van der Waals surface area contributed by atoms with Gasteiger partial charge in [-0.1, -0.05) is 6.07 Å². The quantitative estimate of drug-likeness (QED) is 0.201. The summed E-state index contributed by atoms with van der Waals surface area (Å²) in [6, 6.07) is 4.33. The number of aromatic hydroxyl groups is 2. The van der Waals surface area contributed by atoms with Crippen LogP contribution in [0.25, 0.3) is 0 Å². The van der Waals surface area contributed by atoms with Crippen molar-refractivity contribution in [3.63, 3.8) is 0 Å². The summed E-state index contributed by atoms with van der Waals surface area (Å²) in [5.41, 5.74) is 1.67. The summed E-state index contributed by atoms with van der Waals surface area (Å²) in [4.78, 5) is 0. The lowest BCUT2D eigenvalue weighted by molar-refractivity contribution is 0.0246. The standard InChI is InChI=1S/C9H14N2O3/c1-9(14,11-10)5-6-2-3-7(12)8(13)4-6/h2-4,11-14H,5,10H2,1H3. The van der Waals surface area contributed by atoms with E-state index in [0.717, 1.165) is 0 Å². The van der Waals surface area contributed by atoms with E-state index in [1.165, 1.54) is 19.1 Å². The molecule has 0 aliphatic carbocycles. The zero-order chi connectivity index (χ0) is 10.8. The number of hydrogen-bond donors (Lipinski definition) is 5. The van der Waals surface area contributed by atoms with E-state index in [1.807, 2.05) is 0 Å².